The zero-order chi connectivity index (χ0) is 32.1. The van der Waals surface area contributed by atoms with E-state index in [9.17, 15) is 33.6 Å². The van der Waals surface area contributed by atoms with Crippen LogP contribution in [-0.4, -0.2) is 78.6 Å². The van der Waals surface area contributed by atoms with Gasteiger partial charge in [-0.05, 0) is 24.4 Å². The highest BCUT2D eigenvalue weighted by Gasteiger charge is 2.44. The molecule has 0 saturated heterocycles. The third-order valence-electron chi connectivity index (χ3n) is 5.77. The molecule has 0 radical (unpaired) electrons. The molecule has 0 bridgehead atoms. The smallest absolute Gasteiger partial charge is 0.303 e. The van der Waals surface area contributed by atoms with E-state index in [2.05, 4.69) is 5.32 Å². The number of unbranched alkanes of at least 4 members (excludes halogenated alkanes) is 7. The summed E-state index contributed by atoms with van der Waals surface area (Å²) in [5, 5.41) is 2.32. The standard InChI is InChI=1S/C28H44ClNO12/c1-18(31)38-17-24(40-20(3)33)28(42-22(5)35)27(41-21(4)34)23(39-19(2)32)16-30-26(37)15-13-11-9-7-6-8-10-12-14-25(29)36/h23-24,27-28H,6-17H2,1-5H3,(H,30,37)/t23-,24+,27+,28+/m0/s1. The van der Waals surface area contributed by atoms with Gasteiger partial charge in [0.15, 0.2) is 24.4 Å². The summed E-state index contributed by atoms with van der Waals surface area (Å²) >= 11 is 5.32. The molecule has 0 rings (SSSR count). The van der Waals surface area contributed by atoms with Gasteiger partial charge < -0.3 is 29.0 Å². The number of rotatable bonds is 22. The highest BCUT2D eigenvalue weighted by Crippen LogP contribution is 2.20. The molecule has 0 aromatic heterocycles. The van der Waals surface area contributed by atoms with E-state index in [1.807, 2.05) is 0 Å². The molecule has 0 heterocycles. The molecule has 13 nitrogen and oxygen atoms in total. The van der Waals surface area contributed by atoms with Gasteiger partial charge in [0, 0.05) is 47.5 Å². The van der Waals surface area contributed by atoms with Gasteiger partial charge in [-0.1, -0.05) is 38.5 Å². The number of carbonyl (C=O) groups excluding carboxylic acids is 7. The topological polar surface area (TPSA) is 178 Å². The van der Waals surface area contributed by atoms with Crippen molar-refractivity contribution in [1.82, 2.24) is 5.32 Å². The van der Waals surface area contributed by atoms with E-state index in [1.165, 1.54) is 0 Å². The lowest BCUT2D eigenvalue weighted by Crippen LogP contribution is -2.55. The second-order valence-corrected chi connectivity index (χ2v) is 10.2. The van der Waals surface area contributed by atoms with Gasteiger partial charge in [0.05, 0.1) is 6.54 Å². The van der Waals surface area contributed by atoms with E-state index in [0.717, 1.165) is 79.6 Å². The summed E-state index contributed by atoms with van der Waals surface area (Å²) in [5.41, 5.74) is 0. The molecular weight excluding hydrogens is 578 g/mol. The second-order valence-electron chi connectivity index (χ2n) is 9.73. The molecule has 14 heteroatoms. The van der Waals surface area contributed by atoms with Gasteiger partial charge in [0.2, 0.25) is 11.1 Å². The van der Waals surface area contributed by atoms with Crippen LogP contribution in [0, 0.1) is 0 Å². The van der Waals surface area contributed by atoms with Crippen LogP contribution < -0.4 is 5.32 Å². The first-order valence-corrected chi connectivity index (χ1v) is 14.4. The van der Waals surface area contributed by atoms with E-state index in [-0.39, 0.29) is 24.1 Å². The Morgan fingerprint density at radius 1 is 0.548 bits per heavy atom. The molecular formula is C28H44ClNO12. The van der Waals surface area contributed by atoms with Crippen LogP contribution in [0.1, 0.15) is 98.8 Å². The van der Waals surface area contributed by atoms with Crippen molar-refractivity contribution >= 4 is 52.6 Å². The van der Waals surface area contributed by atoms with Gasteiger partial charge in [-0.2, -0.15) is 0 Å². The predicted octanol–water partition coefficient (Wildman–Crippen LogP) is 3.06. The summed E-state index contributed by atoms with van der Waals surface area (Å²) in [7, 11) is 0. The van der Waals surface area contributed by atoms with Crippen LogP contribution in [0.3, 0.4) is 0 Å². The van der Waals surface area contributed by atoms with Crippen molar-refractivity contribution < 1.29 is 57.2 Å². The Bertz CT molecular complexity index is 909. The van der Waals surface area contributed by atoms with Gasteiger partial charge in [0.25, 0.3) is 0 Å². The quantitative estimate of drug-likeness (QED) is 0.0809. The number of nitrogens with one attached hydrogen (secondary N) is 1. The van der Waals surface area contributed by atoms with Crippen molar-refractivity contribution in [3.05, 3.63) is 0 Å². The zero-order valence-electron chi connectivity index (χ0n) is 25.1. The molecule has 0 aliphatic rings. The number of hydrogen-bond acceptors (Lipinski definition) is 12. The molecule has 0 aliphatic heterocycles. The summed E-state index contributed by atoms with van der Waals surface area (Å²) in [6.07, 6.45) is 1.84. The molecule has 0 unspecified atom stereocenters. The lowest BCUT2D eigenvalue weighted by molar-refractivity contribution is -0.202. The predicted molar refractivity (Wildman–Crippen MR) is 149 cm³/mol. The Balaban J connectivity index is 5.34. The largest absolute Gasteiger partial charge is 0.462 e. The Morgan fingerprint density at radius 3 is 1.38 bits per heavy atom. The number of esters is 5. The molecule has 1 N–H and O–H groups in total. The highest BCUT2D eigenvalue weighted by atomic mass is 35.5. The van der Waals surface area contributed by atoms with Crippen LogP contribution in [0.5, 0.6) is 0 Å². The fraction of sp³-hybridized carbons (Fsp3) is 0.750. The molecule has 0 aromatic carbocycles. The van der Waals surface area contributed by atoms with Crippen LogP contribution in [0.4, 0.5) is 0 Å². The van der Waals surface area contributed by atoms with Crippen molar-refractivity contribution in [3.63, 3.8) is 0 Å². The van der Waals surface area contributed by atoms with Gasteiger partial charge in [-0.15, -0.1) is 0 Å². The average Bonchev–Trinajstić information content (AvgIpc) is 2.86. The van der Waals surface area contributed by atoms with Gasteiger partial charge >= 0.3 is 29.8 Å². The van der Waals surface area contributed by atoms with Crippen LogP contribution in [0.15, 0.2) is 0 Å². The summed E-state index contributed by atoms with van der Waals surface area (Å²) in [4.78, 5) is 82.3. The maximum absolute atomic E-state index is 12.5. The number of hydrogen-bond donors (Lipinski definition) is 1. The maximum Gasteiger partial charge on any atom is 0.303 e. The van der Waals surface area contributed by atoms with Crippen LogP contribution in [-0.2, 0) is 57.2 Å². The number of ether oxygens (including phenoxy) is 5. The molecule has 0 aliphatic carbocycles. The van der Waals surface area contributed by atoms with Crippen molar-refractivity contribution in [1.29, 1.82) is 0 Å². The lowest BCUT2D eigenvalue weighted by Gasteiger charge is -2.35. The summed E-state index contributed by atoms with van der Waals surface area (Å²) in [5.74, 6) is -4.37. The van der Waals surface area contributed by atoms with Gasteiger partial charge in [-0.25, -0.2) is 0 Å². The van der Waals surface area contributed by atoms with E-state index in [1.54, 1.807) is 0 Å². The average molecular weight is 622 g/mol. The zero-order valence-corrected chi connectivity index (χ0v) is 25.8. The third-order valence-corrected chi connectivity index (χ3v) is 5.96. The molecule has 1 amide bonds. The van der Waals surface area contributed by atoms with E-state index >= 15 is 0 Å². The lowest BCUT2D eigenvalue weighted by atomic mass is 10.0. The Hall–Kier alpha value is -3.22. The van der Waals surface area contributed by atoms with Crippen LogP contribution in [0.2, 0.25) is 0 Å². The second kappa shape index (κ2) is 22.4. The molecule has 0 aromatic rings. The van der Waals surface area contributed by atoms with Crippen molar-refractivity contribution in [2.75, 3.05) is 13.2 Å². The minimum atomic E-state index is -1.56. The minimum Gasteiger partial charge on any atom is -0.462 e. The van der Waals surface area contributed by atoms with Crippen molar-refractivity contribution in [2.45, 2.75) is 123 Å². The SMILES string of the molecule is CC(=O)OC[C@@H](OC(C)=O)[C@@H](OC(C)=O)[C@H](OC(C)=O)[C@H](CNC(=O)CCCCCCCCCCC(=O)Cl)OC(C)=O. The summed E-state index contributed by atoms with van der Waals surface area (Å²) in [6, 6.07) is 0. The van der Waals surface area contributed by atoms with Crippen LogP contribution >= 0.6 is 11.6 Å². The number of carbonyl (C=O) groups is 7. The Labute approximate surface area is 251 Å². The molecule has 0 fully saturated rings. The first-order valence-electron chi connectivity index (χ1n) is 14.0. The normalized spacial score (nSPS) is 13.5. The first kappa shape index (κ1) is 38.8. The van der Waals surface area contributed by atoms with Crippen molar-refractivity contribution in [3.8, 4) is 0 Å². The Morgan fingerprint density at radius 2 is 0.952 bits per heavy atom. The van der Waals surface area contributed by atoms with E-state index < -0.39 is 60.9 Å². The summed E-state index contributed by atoms with van der Waals surface area (Å²) in [6.45, 7) is 4.52. The maximum atomic E-state index is 12.5. The summed E-state index contributed by atoms with van der Waals surface area (Å²) < 4.78 is 26.1. The van der Waals surface area contributed by atoms with Crippen molar-refractivity contribution in [2.24, 2.45) is 0 Å². The number of amides is 1. The minimum absolute atomic E-state index is 0.193. The monoisotopic (exact) mass is 621 g/mol. The van der Waals surface area contributed by atoms with E-state index in [4.69, 9.17) is 35.3 Å². The fourth-order valence-electron chi connectivity index (χ4n) is 4.05. The molecule has 0 spiro atoms. The molecule has 4 atom stereocenters. The highest BCUT2D eigenvalue weighted by molar-refractivity contribution is 6.63. The first-order chi connectivity index (χ1) is 19.7. The van der Waals surface area contributed by atoms with E-state index in [0.29, 0.717) is 12.8 Å². The Kier molecular flexibility index (Phi) is 20.7. The van der Waals surface area contributed by atoms with Gasteiger partial charge in [0.1, 0.15) is 6.61 Å². The molecule has 0 saturated carbocycles. The van der Waals surface area contributed by atoms with Crippen LogP contribution in [0.25, 0.3) is 0 Å². The third kappa shape index (κ3) is 20.6. The molecule has 42 heavy (non-hydrogen) atoms. The fourth-order valence-corrected chi connectivity index (χ4v) is 4.19. The van der Waals surface area contributed by atoms with Gasteiger partial charge in [-0.3, -0.25) is 33.6 Å². The number of halogens is 1. The molecule has 240 valence electrons.